The molecule has 0 amide bonds. The Bertz CT molecular complexity index is 366. The predicted octanol–water partition coefficient (Wildman–Crippen LogP) is 0.622. The third-order valence-electron chi connectivity index (χ3n) is 2.31. The first kappa shape index (κ1) is 8.05. The van der Waals surface area contributed by atoms with Crippen LogP contribution in [0.4, 0.5) is 0 Å². The maximum absolute atomic E-state index is 10.6. The lowest BCUT2D eigenvalue weighted by Crippen LogP contribution is -2.32. The molecule has 1 aromatic rings. The fraction of sp³-hybridized carbons (Fsp3) is 0.182. The van der Waals surface area contributed by atoms with Gasteiger partial charge in [-0.05, 0) is 17.5 Å². The summed E-state index contributed by atoms with van der Waals surface area (Å²) in [5.41, 5.74) is 2.19. The molecule has 0 saturated heterocycles. The second-order valence-electron chi connectivity index (χ2n) is 3.19. The van der Waals surface area contributed by atoms with E-state index in [2.05, 4.69) is 0 Å². The van der Waals surface area contributed by atoms with E-state index < -0.39 is 11.9 Å². The lowest BCUT2D eigenvalue weighted by Gasteiger charge is -2.19. The van der Waals surface area contributed by atoms with E-state index >= 15 is 0 Å². The van der Waals surface area contributed by atoms with Crippen LogP contribution >= 0.6 is 0 Å². The zero-order valence-corrected chi connectivity index (χ0v) is 7.07. The van der Waals surface area contributed by atoms with Crippen molar-refractivity contribution < 1.29 is 9.90 Å². The van der Waals surface area contributed by atoms with E-state index in [1.807, 2.05) is 30.3 Å². The Labute approximate surface area is 76.5 Å². The minimum atomic E-state index is -0.995. The van der Waals surface area contributed by atoms with Gasteiger partial charge >= 0.3 is 0 Å². The van der Waals surface area contributed by atoms with E-state index in [4.69, 9.17) is 0 Å². The second-order valence-corrected chi connectivity index (χ2v) is 3.19. The molecule has 66 valence electrons. The van der Waals surface area contributed by atoms with Crippen LogP contribution < -0.4 is 5.11 Å². The van der Waals surface area contributed by atoms with Crippen LogP contribution in [-0.4, -0.2) is 5.97 Å². The molecular formula is C11H9O2-. The van der Waals surface area contributed by atoms with Crippen molar-refractivity contribution >= 4 is 12.0 Å². The van der Waals surface area contributed by atoms with Gasteiger partial charge in [0, 0.05) is 11.9 Å². The average Bonchev–Trinajstić information content (AvgIpc) is 2.17. The summed E-state index contributed by atoms with van der Waals surface area (Å²) in [5.74, 6) is -1.46. The molecule has 0 radical (unpaired) electrons. The molecule has 0 N–H and O–H groups in total. The minimum absolute atomic E-state index is 0.463. The molecule has 1 aliphatic carbocycles. The summed E-state index contributed by atoms with van der Waals surface area (Å²) < 4.78 is 0. The third-order valence-corrected chi connectivity index (χ3v) is 2.31. The Hall–Kier alpha value is -1.57. The summed E-state index contributed by atoms with van der Waals surface area (Å²) >= 11 is 0. The Balaban J connectivity index is 2.34. The number of aliphatic carboxylic acids is 1. The summed E-state index contributed by atoms with van der Waals surface area (Å²) in [7, 11) is 0. The van der Waals surface area contributed by atoms with E-state index in [1.165, 1.54) is 0 Å². The van der Waals surface area contributed by atoms with Gasteiger partial charge in [0.05, 0.1) is 0 Å². The largest absolute Gasteiger partial charge is 0.550 e. The first-order valence-electron chi connectivity index (χ1n) is 4.24. The summed E-state index contributed by atoms with van der Waals surface area (Å²) in [6, 6.07) is 7.80. The van der Waals surface area contributed by atoms with Crippen LogP contribution in [0, 0.1) is 5.92 Å². The van der Waals surface area contributed by atoms with Crippen molar-refractivity contribution in [3.8, 4) is 0 Å². The van der Waals surface area contributed by atoms with Gasteiger partial charge < -0.3 is 9.90 Å². The van der Waals surface area contributed by atoms with Crippen molar-refractivity contribution in [2.24, 2.45) is 5.92 Å². The molecule has 0 aliphatic heterocycles. The first-order chi connectivity index (χ1) is 6.27. The Morgan fingerprint density at radius 1 is 1.38 bits per heavy atom. The number of carbonyl (C=O) groups excluding carboxylic acids is 1. The number of carboxylic acid groups (broad SMARTS) is 1. The molecule has 0 saturated carbocycles. The SMILES string of the molecule is O=C([O-])C1C=Cc2ccccc2C1. The zero-order chi connectivity index (χ0) is 9.26. The highest BCUT2D eigenvalue weighted by Gasteiger charge is 2.13. The fourth-order valence-corrected chi connectivity index (χ4v) is 1.57. The van der Waals surface area contributed by atoms with Crippen molar-refractivity contribution in [3.05, 3.63) is 41.5 Å². The minimum Gasteiger partial charge on any atom is -0.550 e. The Kier molecular flexibility index (Phi) is 1.89. The highest BCUT2D eigenvalue weighted by Crippen LogP contribution is 2.21. The van der Waals surface area contributed by atoms with E-state index in [0.29, 0.717) is 6.42 Å². The molecular weight excluding hydrogens is 164 g/mol. The van der Waals surface area contributed by atoms with Crippen LogP contribution in [0.15, 0.2) is 30.3 Å². The molecule has 0 bridgehead atoms. The smallest absolute Gasteiger partial charge is 0.0486 e. The maximum Gasteiger partial charge on any atom is 0.0486 e. The Morgan fingerprint density at radius 3 is 2.92 bits per heavy atom. The molecule has 1 unspecified atom stereocenters. The van der Waals surface area contributed by atoms with Gasteiger partial charge in [0.15, 0.2) is 0 Å². The van der Waals surface area contributed by atoms with Gasteiger partial charge in [-0.25, -0.2) is 0 Å². The maximum atomic E-state index is 10.6. The van der Waals surface area contributed by atoms with E-state index in [9.17, 15) is 9.90 Å². The third kappa shape index (κ3) is 1.47. The standard InChI is InChI=1S/C11H10O2/c12-11(13)10-6-5-8-3-1-2-4-9(8)7-10/h1-6,10H,7H2,(H,12,13)/p-1. The van der Waals surface area contributed by atoms with Gasteiger partial charge in [0.1, 0.15) is 0 Å². The van der Waals surface area contributed by atoms with Gasteiger partial charge in [0.25, 0.3) is 0 Å². The van der Waals surface area contributed by atoms with Crippen LogP contribution in [0.3, 0.4) is 0 Å². The highest BCUT2D eigenvalue weighted by atomic mass is 16.4. The number of carbonyl (C=O) groups is 1. The molecule has 2 nitrogen and oxygen atoms in total. The van der Waals surface area contributed by atoms with E-state index in [0.717, 1.165) is 11.1 Å². The lowest BCUT2D eigenvalue weighted by molar-refractivity contribution is -0.309. The van der Waals surface area contributed by atoms with E-state index in [1.54, 1.807) is 6.08 Å². The second kappa shape index (κ2) is 3.05. The Morgan fingerprint density at radius 2 is 2.15 bits per heavy atom. The van der Waals surface area contributed by atoms with Gasteiger partial charge in [-0.3, -0.25) is 0 Å². The topological polar surface area (TPSA) is 40.1 Å². The zero-order valence-electron chi connectivity index (χ0n) is 7.07. The van der Waals surface area contributed by atoms with Crippen molar-refractivity contribution in [2.75, 3.05) is 0 Å². The molecule has 1 aromatic carbocycles. The number of rotatable bonds is 1. The molecule has 0 fully saturated rings. The molecule has 0 aromatic heterocycles. The number of benzene rings is 1. The van der Waals surface area contributed by atoms with Crippen molar-refractivity contribution in [2.45, 2.75) is 6.42 Å². The molecule has 0 spiro atoms. The molecule has 13 heavy (non-hydrogen) atoms. The average molecular weight is 173 g/mol. The van der Waals surface area contributed by atoms with Crippen LogP contribution in [0.2, 0.25) is 0 Å². The van der Waals surface area contributed by atoms with Crippen molar-refractivity contribution in [1.29, 1.82) is 0 Å². The molecule has 1 atom stereocenters. The van der Waals surface area contributed by atoms with Crippen LogP contribution in [0.1, 0.15) is 11.1 Å². The number of hydrogen-bond acceptors (Lipinski definition) is 2. The van der Waals surface area contributed by atoms with Gasteiger partial charge in [-0.15, -0.1) is 0 Å². The van der Waals surface area contributed by atoms with Crippen LogP contribution in [0.25, 0.3) is 6.08 Å². The monoisotopic (exact) mass is 173 g/mol. The van der Waals surface area contributed by atoms with Gasteiger partial charge in [0.2, 0.25) is 0 Å². The molecule has 0 heterocycles. The summed E-state index contributed by atoms with van der Waals surface area (Å²) in [5, 5.41) is 10.6. The first-order valence-corrected chi connectivity index (χ1v) is 4.24. The summed E-state index contributed by atoms with van der Waals surface area (Å²) in [6.07, 6.45) is 4.09. The van der Waals surface area contributed by atoms with Gasteiger partial charge in [-0.1, -0.05) is 36.4 Å². The number of fused-ring (bicyclic) bond motifs is 1. The van der Waals surface area contributed by atoms with E-state index in [-0.39, 0.29) is 0 Å². The summed E-state index contributed by atoms with van der Waals surface area (Å²) in [4.78, 5) is 10.6. The fourth-order valence-electron chi connectivity index (χ4n) is 1.57. The lowest BCUT2D eigenvalue weighted by atomic mass is 9.90. The highest BCUT2D eigenvalue weighted by molar-refractivity contribution is 5.74. The quantitative estimate of drug-likeness (QED) is 0.624. The molecule has 1 aliphatic rings. The van der Waals surface area contributed by atoms with Gasteiger partial charge in [-0.2, -0.15) is 0 Å². The molecule has 2 heteroatoms. The van der Waals surface area contributed by atoms with Crippen molar-refractivity contribution in [1.82, 2.24) is 0 Å². The van der Waals surface area contributed by atoms with Crippen molar-refractivity contribution in [3.63, 3.8) is 0 Å². The summed E-state index contributed by atoms with van der Waals surface area (Å²) in [6.45, 7) is 0. The van der Waals surface area contributed by atoms with Crippen LogP contribution in [-0.2, 0) is 11.2 Å². The van der Waals surface area contributed by atoms with Crippen LogP contribution in [0.5, 0.6) is 0 Å². The molecule has 2 rings (SSSR count). The predicted molar refractivity (Wildman–Crippen MR) is 47.7 cm³/mol. The number of hydrogen-bond donors (Lipinski definition) is 0. The normalized spacial score (nSPS) is 19.5. The number of carboxylic acids is 1.